The Kier molecular flexibility index (Phi) is 6.11. The number of carbonyl (C=O) groups excluding carboxylic acids is 1. The van der Waals surface area contributed by atoms with E-state index in [0.29, 0.717) is 0 Å². The Labute approximate surface area is 155 Å². The summed E-state index contributed by atoms with van der Waals surface area (Å²) in [6.45, 7) is 4.88. The van der Waals surface area contributed by atoms with E-state index in [2.05, 4.69) is 34.5 Å². The number of amides is 1. The van der Waals surface area contributed by atoms with Crippen LogP contribution in [0.1, 0.15) is 36.9 Å². The zero-order chi connectivity index (χ0) is 17.6. The fourth-order valence-electron chi connectivity index (χ4n) is 3.36. The van der Waals surface area contributed by atoms with Gasteiger partial charge in [-0.2, -0.15) is 0 Å². The van der Waals surface area contributed by atoms with Crippen LogP contribution in [-0.2, 0) is 11.3 Å². The summed E-state index contributed by atoms with van der Waals surface area (Å²) in [5, 5.41) is 3.93. The highest BCUT2D eigenvalue weighted by molar-refractivity contribution is 6.30. The molecular formula is C21H25ClN2O. The Morgan fingerprint density at radius 3 is 2.40 bits per heavy atom. The van der Waals surface area contributed by atoms with Gasteiger partial charge >= 0.3 is 0 Å². The van der Waals surface area contributed by atoms with Crippen molar-refractivity contribution in [1.29, 1.82) is 0 Å². The van der Waals surface area contributed by atoms with Crippen LogP contribution >= 0.6 is 11.6 Å². The predicted molar refractivity (Wildman–Crippen MR) is 102 cm³/mol. The van der Waals surface area contributed by atoms with Crippen LogP contribution in [0.5, 0.6) is 0 Å². The van der Waals surface area contributed by atoms with Gasteiger partial charge in [-0.15, -0.1) is 0 Å². The molecule has 1 amide bonds. The third kappa shape index (κ3) is 5.07. The lowest BCUT2D eigenvalue weighted by Crippen LogP contribution is -2.40. The summed E-state index contributed by atoms with van der Waals surface area (Å²) >= 11 is 5.94. The molecule has 0 bridgehead atoms. The van der Waals surface area contributed by atoms with Crippen molar-refractivity contribution >= 4 is 17.5 Å². The molecule has 0 unspecified atom stereocenters. The first-order valence-electron chi connectivity index (χ1n) is 8.94. The summed E-state index contributed by atoms with van der Waals surface area (Å²) in [4.78, 5) is 15.0. The first-order valence-corrected chi connectivity index (χ1v) is 9.32. The molecule has 1 fully saturated rings. The van der Waals surface area contributed by atoms with Gasteiger partial charge in [-0.25, -0.2) is 0 Å². The number of nitrogens with one attached hydrogen (secondary N) is 1. The SMILES string of the molecule is C[C@H](NC(=O)C1CCN(Cc2ccc(Cl)cc2)CC1)c1ccccc1. The number of nitrogens with zero attached hydrogens (tertiary/aromatic N) is 1. The van der Waals surface area contributed by atoms with Gasteiger partial charge in [0.2, 0.25) is 5.91 Å². The molecule has 0 aromatic heterocycles. The lowest BCUT2D eigenvalue weighted by Gasteiger charge is -2.32. The van der Waals surface area contributed by atoms with Gasteiger partial charge in [-0.3, -0.25) is 9.69 Å². The van der Waals surface area contributed by atoms with Crippen LogP contribution in [0.3, 0.4) is 0 Å². The molecule has 3 rings (SSSR count). The second-order valence-electron chi connectivity index (χ2n) is 6.82. The molecule has 1 N–H and O–H groups in total. The Hall–Kier alpha value is -1.84. The number of halogens is 1. The van der Waals surface area contributed by atoms with Crippen LogP contribution in [-0.4, -0.2) is 23.9 Å². The van der Waals surface area contributed by atoms with Crippen molar-refractivity contribution in [3.63, 3.8) is 0 Å². The van der Waals surface area contributed by atoms with Gasteiger partial charge in [0.05, 0.1) is 6.04 Å². The number of benzene rings is 2. The van der Waals surface area contributed by atoms with Crippen LogP contribution in [0.25, 0.3) is 0 Å². The summed E-state index contributed by atoms with van der Waals surface area (Å²) < 4.78 is 0. The summed E-state index contributed by atoms with van der Waals surface area (Å²) in [6, 6.07) is 18.2. The Morgan fingerprint density at radius 2 is 1.76 bits per heavy atom. The average Bonchev–Trinajstić information content (AvgIpc) is 2.65. The second kappa shape index (κ2) is 8.50. The Morgan fingerprint density at radius 1 is 1.12 bits per heavy atom. The van der Waals surface area contributed by atoms with Crippen LogP contribution < -0.4 is 5.32 Å². The van der Waals surface area contributed by atoms with E-state index in [-0.39, 0.29) is 17.9 Å². The third-order valence-corrected chi connectivity index (χ3v) is 5.19. The second-order valence-corrected chi connectivity index (χ2v) is 7.25. The minimum absolute atomic E-state index is 0.0563. The molecule has 0 spiro atoms. The monoisotopic (exact) mass is 356 g/mol. The maximum absolute atomic E-state index is 12.5. The van der Waals surface area contributed by atoms with Gasteiger partial charge in [0.15, 0.2) is 0 Å². The normalized spacial score (nSPS) is 17.2. The maximum atomic E-state index is 12.5. The number of hydrogen-bond donors (Lipinski definition) is 1. The topological polar surface area (TPSA) is 32.3 Å². The van der Waals surface area contributed by atoms with Crippen molar-refractivity contribution in [2.75, 3.05) is 13.1 Å². The highest BCUT2D eigenvalue weighted by Gasteiger charge is 2.25. The van der Waals surface area contributed by atoms with E-state index in [9.17, 15) is 4.79 Å². The van der Waals surface area contributed by atoms with E-state index < -0.39 is 0 Å². The Balaban J connectivity index is 1.46. The first-order chi connectivity index (χ1) is 12.1. The maximum Gasteiger partial charge on any atom is 0.223 e. The molecule has 132 valence electrons. The molecule has 1 saturated heterocycles. The molecule has 1 aliphatic heterocycles. The van der Waals surface area contributed by atoms with E-state index in [0.717, 1.165) is 43.1 Å². The average molecular weight is 357 g/mol. The first kappa shape index (κ1) is 18.0. The van der Waals surface area contributed by atoms with E-state index in [4.69, 9.17) is 11.6 Å². The lowest BCUT2D eigenvalue weighted by molar-refractivity contribution is -0.127. The standard InChI is InChI=1S/C21H25ClN2O/c1-16(18-5-3-2-4-6-18)23-21(25)19-11-13-24(14-12-19)15-17-7-9-20(22)10-8-17/h2-10,16,19H,11-15H2,1H3,(H,23,25)/t16-/m0/s1. The summed E-state index contributed by atoms with van der Waals surface area (Å²) in [5.41, 5.74) is 2.42. The molecule has 1 heterocycles. The predicted octanol–water partition coefficient (Wildman–Crippen LogP) is 4.43. The van der Waals surface area contributed by atoms with E-state index in [1.165, 1.54) is 5.56 Å². The molecule has 4 heteroatoms. The van der Waals surface area contributed by atoms with Gasteiger partial charge in [0.25, 0.3) is 0 Å². The minimum Gasteiger partial charge on any atom is -0.349 e. The van der Waals surface area contributed by atoms with Gasteiger partial charge in [-0.05, 0) is 56.1 Å². The molecule has 0 radical (unpaired) electrons. The van der Waals surface area contributed by atoms with E-state index >= 15 is 0 Å². The zero-order valence-electron chi connectivity index (χ0n) is 14.6. The van der Waals surface area contributed by atoms with Crippen molar-refractivity contribution in [2.45, 2.75) is 32.4 Å². The van der Waals surface area contributed by atoms with Gasteiger partial charge in [0.1, 0.15) is 0 Å². The fourth-order valence-corrected chi connectivity index (χ4v) is 3.48. The van der Waals surface area contributed by atoms with Crippen molar-refractivity contribution in [3.05, 3.63) is 70.7 Å². The van der Waals surface area contributed by atoms with E-state index in [1.54, 1.807) is 0 Å². The number of piperidine rings is 1. The van der Waals surface area contributed by atoms with Crippen LogP contribution in [0.2, 0.25) is 5.02 Å². The molecule has 3 nitrogen and oxygen atoms in total. The summed E-state index contributed by atoms with van der Waals surface area (Å²) in [6.07, 6.45) is 1.84. The summed E-state index contributed by atoms with van der Waals surface area (Å²) in [7, 11) is 0. The summed E-state index contributed by atoms with van der Waals surface area (Å²) in [5.74, 6) is 0.301. The van der Waals surface area contributed by atoms with Gasteiger partial charge in [-0.1, -0.05) is 54.1 Å². The van der Waals surface area contributed by atoms with Gasteiger partial charge < -0.3 is 5.32 Å². The van der Waals surface area contributed by atoms with Crippen molar-refractivity contribution < 1.29 is 4.79 Å². The minimum atomic E-state index is 0.0563. The number of likely N-dealkylation sites (tertiary alicyclic amines) is 1. The number of rotatable bonds is 5. The number of carbonyl (C=O) groups is 1. The van der Waals surface area contributed by atoms with Crippen LogP contribution in [0.15, 0.2) is 54.6 Å². The van der Waals surface area contributed by atoms with Crippen LogP contribution in [0.4, 0.5) is 0 Å². The van der Waals surface area contributed by atoms with Crippen molar-refractivity contribution in [3.8, 4) is 0 Å². The molecule has 2 aromatic rings. The largest absolute Gasteiger partial charge is 0.349 e. The fraction of sp³-hybridized carbons (Fsp3) is 0.381. The molecule has 0 saturated carbocycles. The van der Waals surface area contributed by atoms with Crippen molar-refractivity contribution in [2.24, 2.45) is 5.92 Å². The van der Waals surface area contributed by atoms with Crippen LogP contribution in [0, 0.1) is 5.92 Å². The quantitative estimate of drug-likeness (QED) is 0.859. The van der Waals surface area contributed by atoms with E-state index in [1.807, 2.05) is 37.3 Å². The molecule has 2 aromatic carbocycles. The molecule has 25 heavy (non-hydrogen) atoms. The number of hydrogen-bond acceptors (Lipinski definition) is 2. The molecule has 1 aliphatic rings. The van der Waals surface area contributed by atoms with Gasteiger partial charge in [0, 0.05) is 17.5 Å². The zero-order valence-corrected chi connectivity index (χ0v) is 15.4. The molecule has 1 atom stereocenters. The molecule has 0 aliphatic carbocycles. The molecular weight excluding hydrogens is 332 g/mol. The van der Waals surface area contributed by atoms with Crippen molar-refractivity contribution in [1.82, 2.24) is 10.2 Å². The highest BCUT2D eigenvalue weighted by Crippen LogP contribution is 2.21. The highest BCUT2D eigenvalue weighted by atomic mass is 35.5. The smallest absolute Gasteiger partial charge is 0.223 e. The third-order valence-electron chi connectivity index (χ3n) is 4.94. The Bertz CT molecular complexity index is 679. The lowest BCUT2D eigenvalue weighted by atomic mass is 9.95.